The average molecular weight is 787 g/mol. The Morgan fingerprint density at radius 3 is 1.36 bits per heavy atom. The van der Waals surface area contributed by atoms with E-state index < -0.39 is 32.5 Å². The number of ether oxygens (including phenoxy) is 2. The minimum atomic E-state index is -4.80. The predicted molar refractivity (Wildman–Crippen MR) is 226 cm³/mol. The van der Waals surface area contributed by atoms with Gasteiger partial charge in [0.05, 0.1) is 6.61 Å². The number of carbonyl (C=O) groups excluding carboxylic acids is 2. The first-order valence-electron chi connectivity index (χ1n) is 20.3. The molecule has 0 saturated carbocycles. The van der Waals surface area contributed by atoms with Gasteiger partial charge in [0.2, 0.25) is 0 Å². The van der Waals surface area contributed by atoms with Crippen molar-refractivity contribution in [2.24, 2.45) is 0 Å². The van der Waals surface area contributed by atoms with Crippen LogP contribution >= 0.6 is 7.82 Å². The molecule has 0 aliphatic carbocycles. The molecule has 0 aromatic heterocycles. The van der Waals surface area contributed by atoms with Crippen molar-refractivity contribution in [2.75, 3.05) is 19.8 Å². The molecule has 0 fully saturated rings. The molecule has 0 unspecified atom stereocenters. The van der Waals surface area contributed by atoms with Gasteiger partial charge in [-0.3, -0.25) is 14.1 Å². The first-order chi connectivity index (χ1) is 26.8. The van der Waals surface area contributed by atoms with E-state index in [0.717, 1.165) is 70.6 Å². The second kappa shape index (κ2) is 40.3. The highest BCUT2D eigenvalue weighted by Gasteiger charge is 2.22. The molecule has 10 heteroatoms. The fourth-order valence-electron chi connectivity index (χ4n) is 4.80. The monoisotopic (exact) mass is 786 g/mol. The molecule has 3 N–H and O–H groups in total. The first-order valence-corrected chi connectivity index (χ1v) is 21.8. The van der Waals surface area contributed by atoms with Gasteiger partial charge in [-0.25, -0.2) is 4.57 Å². The van der Waals surface area contributed by atoms with E-state index in [9.17, 15) is 14.2 Å². The number of rotatable bonds is 36. The van der Waals surface area contributed by atoms with E-state index in [1.807, 2.05) is 24.3 Å². The smallest absolute Gasteiger partial charge is 0.462 e. The van der Waals surface area contributed by atoms with Gasteiger partial charge in [-0.2, -0.15) is 0 Å². The Morgan fingerprint density at radius 2 is 0.927 bits per heavy atom. The Morgan fingerprint density at radius 1 is 0.509 bits per heavy atom. The highest BCUT2D eigenvalue weighted by molar-refractivity contribution is 7.46. The molecule has 0 rings (SSSR count). The van der Waals surface area contributed by atoms with Crippen LogP contribution in [0.1, 0.15) is 135 Å². The molecule has 55 heavy (non-hydrogen) atoms. The van der Waals surface area contributed by atoms with E-state index in [0.29, 0.717) is 19.3 Å². The molecule has 1 atom stereocenters. The quantitative estimate of drug-likeness (QED) is 0.0245. The molecule has 0 heterocycles. The van der Waals surface area contributed by atoms with E-state index >= 15 is 0 Å². The van der Waals surface area contributed by atoms with Crippen molar-refractivity contribution in [3.63, 3.8) is 0 Å². The zero-order valence-electron chi connectivity index (χ0n) is 33.5. The fourth-order valence-corrected chi connectivity index (χ4v) is 5.16. The fraction of sp³-hybridized carbons (Fsp3) is 0.556. The molecule has 0 aromatic rings. The number of carbonyl (C=O) groups is 2. The van der Waals surface area contributed by atoms with Crippen molar-refractivity contribution >= 4 is 19.8 Å². The number of phosphoric acid groups is 1. The largest absolute Gasteiger partial charge is 0.469 e. The lowest BCUT2D eigenvalue weighted by molar-refractivity contribution is -0.161. The predicted octanol–water partition coefficient (Wildman–Crippen LogP) is 11.4. The summed E-state index contributed by atoms with van der Waals surface area (Å²) in [5.41, 5.74) is 0. The SMILES string of the molecule is CCCCC/C=C\C/C=C\C/C=C\C/C=C\C/C=C\CCC(=O)O[C@H](COC(=O)CCC/C=C\C/C=C\C/C=C\C/C=C\CCCCCO)COP(=O)(O)O. The van der Waals surface area contributed by atoms with Crippen molar-refractivity contribution in [1.82, 2.24) is 0 Å². The Balaban J connectivity index is 4.19. The van der Waals surface area contributed by atoms with Crippen molar-refractivity contribution in [3.05, 3.63) is 109 Å². The third-order valence-corrected chi connectivity index (χ3v) is 8.32. The molecule has 0 saturated heterocycles. The maximum atomic E-state index is 12.4. The molecule has 0 aliphatic heterocycles. The van der Waals surface area contributed by atoms with Crippen LogP contribution in [0.25, 0.3) is 0 Å². The number of hydrogen-bond acceptors (Lipinski definition) is 7. The first kappa shape index (κ1) is 51.7. The standard InChI is InChI=1S/C45H71O9P/c1-2-3-4-5-6-7-8-9-10-11-12-14-18-21-24-27-30-33-36-39-45(48)54-43(42-53-55(49,50)51)41-52-44(47)38-35-32-29-26-23-20-17-15-13-16-19-22-25-28-31-34-37-40-46/h6-7,9-10,12-14,16-17,20-22,24-26,29-30,33,43,46H,2-5,8,11,15,18-19,23,27-28,31-32,34-42H2,1H3,(H2,49,50,51)/b7-6-,10-9-,14-12-,16-13-,20-17-,24-21-,25-22-,29-26-,33-30-/t43-/m1/s1. The summed E-state index contributed by atoms with van der Waals surface area (Å²) >= 11 is 0. The van der Waals surface area contributed by atoms with Crippen molar-refractivity contribution in [2.45, 2.75) is 141 Å². The number of hydrogen-bond donors (Lipinski definition) is 3. The minimum Gasteiger partial charge on any atom is -0.462 e. The van der Waals surface area contributed by atoms with Gasteiger partial charge in [-0.1, -0.05) is 136 Å². The molecule has 310 valence electrons. The van der Waals surface area contributed by atoms with E-state index in [-0.39, 0.29) is 26.1 Å². The number of phosphoric ester groups is 1. The molecule has 0 amide bonds. The zero-order valence-corrected chi connectivity index (χ0v) is 34.4. The maximum absolute atomic E-state index is 12.4. The molecular weight excluding hydrogens is 715 g/mol. The summed E-state index contributed by atoms with van der Waals surface area (Å²) in [6, 6.07) is 0. The zero-order chi connectivity index (χ0) is 40.3. The minimum absolute atomic E-state index is 0.0646. The van der Waals surface area contributed by atoms with Crippen LogP contribution in [0.2, 0.25) is 0 Å². The molecule has 0 aliphatic rings. The van der Waals surface area contributed by atoms with Crippen LogP contribution in [-0.4, -0.2) is 52.8 Å². The molecule has 0 bridgehead atoms. The topological polar surface area (TPSA) is 140 Å². The van der Waals surface area contributed by atoms with Gasteiger partial charge in [0, 0.05) is 19.4 Å². The highest BCUT2D eigenvalue weighted by Crippen LogP contribution is 2.35. The van der Waals surface area contributed by atoms with Gasteiger partial charge in [0.15, 0.2) is 6.10 Å². The van der Waals surface area contributed by atoms with Crippen LogP contribution in [-0.2, 0) is 28.2 Å². The Hall–Kier alpha value is -3.33. The van der Waals surface area contributed by atoms with Gasteiger partial charge >= 0.3 is 19.8 Å². The lowest BCUT2D eigenvalue weighted by atomic mass is 10.2. The van der Waals surface area contributed by atoms with Crippen LogP contribution in [0.3, 0.4) is 0 Å². The molecule has 0 spiro atoms. The number of esters is 2. The summed E-state index contributed by atoms with van der Waals surface area (Å²) in [6.07, 6.45) is 54.1. The van der Waals surface area contributed by atoms with Crippen molar-refractivity contribution in [3.8, 4) is 0 Å². The molecule has 9 nitrogen and oxygen atoms in total. The van der Waals surface area contributed by atoms with Crippen molar-refractivity contribution < 1.29 is 43.0 Å². The summed E-state index contributed by atoms with van der Waals surface area (Å²) in [7, 11) is -4.80. The number of aliphatic hydroxyl groups excluding tert-OH is 1. The number of allylic oxidation sites excluding steroid dienone is 18. The van der Waals surface area contributed by atoms with Crippen molar-refractivity contribution in [1.29, 1.82) is 0 Å². The Kier molecular flexibility index (Phi) is 37.9. The van der Waals surface area contributed by atoms with E-state index in [2.05, 4.69) is 96.5 Å². The summed E-state index contributed by atoms with van der Waals surface area (Å²) in [4.78, 5) is 42.7. The van der Waals surface area contributed by atoms with Gasteiger partial charge in [-0.05, 0) is 96.3 Å². The second-order valence-corrected chi connectivity index (χ2v) is 14.2. The van der Waals surface area contributed by atoms with Gasteiger partial charge < -0.3 is 24.4 Å². The summed E-state index contributed by atoms with van der Waals surface area (Å²) in [5.74, 6) is -1.07. The summed E-state index contributed by atoms with van der Waals surface area (Å²) in [6.45, 7) is 1.54. The Labute approximate surface area is 332 Å². The average Bonchev–Trinajstić information content (AvgIpc) is 3.16. The molecule has 0 radical (unpaired) electrons. The molecular formula is C45H71O9P. The van der Waals surface area contributed by atoms with Gasteiger partial charge in [-0.15, -0.1) is 0 Å². The van der Waals surface area contributed by atoms with E-state index in [4.69, 9.17) is 24.4 Å². The maximum Gasteiger partial charge on any atom is 0.469 e. The van der Waals surface area contributed by atoms with E-state index in [1.165, 1.54) is 25.7 Å². The normalized spacial score (nSPS) is 13.6. The Bertz CT molecular complexity index is 1250. The van der Waals surface area contributed by atoms with Gasteiger partial charge in [0.1, 0.15) is 6.61 Å². The summed E-state index contributed by atoms with van der Waals surface area (Å²) < 4.78 is 26.2. The second-order valence-electron chi connectivity index (χ2n) is 13.0. The lowest BCUT2D eigenvalue weighted by Gasteiger charge is -2.18. The third-order valence-electron chi connectivity index (χ3n) is 7.83. The number of unbranched alkanes of at least 4 members (excludes halogenated alkanes) is 7. The highest BCUT2D eigenvalue weighted by atomic mass is 31.2. The van der Waals surface area contributed by atoms with Crippen LogP contribution in [0.4, 0.5) is 0 Å². The van der Waals surface area contributed by atoms with Crippen LogP contribution in [0.5, 0.6) is 0 Å². The van der Waals surface area contributed by atoms with Crippen LogP contribution < -0.4 is 0 Å². The third kappa shape index (κ3) is 43.3. The van der Waals surface area contributed by atoms with Crippen LogP contribution in [0, 0.1) is 0 Å². The summed E-state index contributed by atoms with van der Waals surface area (Å²) in [5, 5.41) is 8.77. The number of aliphatic hydroxyl groups is 1. The van der Waals surface area contributed by atoms with E-state index in [1.54, 1.807) is 0 Å². The lowest BCUT2D eigenvalue weighted by Crippen LogP contribution is -2.29. The van der Waals surface area contributed by atoms with Crippen LogP contribution in [0.15, 0.2) is 109 Å². The van der Waals surface area contributed by atoms with Gasteiger partial charge in [0.25, 0.3) is 0 Å². The molecule has 0 aromatic carbocycles.